The van der Waals surface area contributed by atoms with Crippen molar-refractivity contribution in [2.75, 3.05) is 33.8 Å². The zero-order valence-corrected chi connectivity index (χ0v) is 12.7. The Balaban J connectivity index is 1.99. The molecule has 0 radical (unpaired) electrons. The maximum absolute atomic E-state index is 12.4. The lowest BCUT2D eigenvalue weighted by atomic mass is 10.2. The van der Waals surface area contributed by atoms with Crippen molar-refractivity contribution in [1.29, 1.82) is 0 Å². The van der Waals surface area contributed by atoms with Crippen LogP contribution in [0.2, 0.25) is 0 Å². The minimum absolute atomic E-state index is 0.0733. The van der Waals surface area contributed by atoms with Gasteiger partial charge in [-0.15, -0.1) is 11.3 Å². The van der Waals surface area contributed by atoms with Crippen molar-refractivity contribution in [2.24, 2.45) is 0 Å². The van der Waals surface area contributed by atoms with E-state index in [-0.39, 0.29) is 12.5 Å². The van der Waals surface area contributed by atoms with Gasteiger partial charge in [-0.05, 0) is 32.6 Å². The summed E-state index contributed by atoms with van der Waals surface area (Å²) in [6, 6.07) is 4.18. The van der Waals surface area contributed by atoms with E-state index in [1.807, 2.05) is 17.0 Å². The first kappa shape index (κ1) is 15.0. The number of hydrogen-bond donors (Lipinski definition) is 1. The lowest BCUT2D eigenvalue weighted by molar-refractivity contribution is 0.0788. The van der Waals surface area contributed by atoms with Crippen LogP contribution in [0.25, 0.3) is 0 Å². The molecule has 1 amide bonds. The highest BCUT2D eigenvalue weighted by atomic mass is 32.1. The van der Waals surface area contributed by atoms with E-state index in [1.165, 1.54) is 11.3 Å². The lowest BCUT2D eigenvalue weighted by Crippen LogP contribution is -2.34. The second-order valence-corrected chi connectivity index (χ2v) is 6.18. The summed E-state index contributed by atoms with van der Waals surface area (Å²) in [4.78, 5) is 18.1. The number of likely N-dealkylation sites (tertiary alicyclic amines) is 1. The first-order valence-electron chi connectivity index (χ1n) is 6.77. The van der Waals surface area contributed by atoms with Crippen LogP contribution in [0, 0.1) is 11.8 Å². The van der Waals surface area contributed by atoms with Gasteiger partial charge in [0.1, 0.15) is 0 Å². The normalized spacial score (nSPS) is 18.2. The second kappa shape index (κ2) is 6.89. The highest BCUT2D eigenvalue weighted by molar-refractivity contribution is 7.14. The molecule has 0 saturated carbocycles. The van der Waals surface area contributed by atoms with Gasteiger partial charge in [-0.1, -0.05) is 11.8 Å². The lowest BCUT2D eigenvalue weighted by Gasteiger charge is -2.19. The molecule has 20 heavy (non-hydrogen) atoms. The van der Waals surface area contributed by atoms with Gasteiger partial charge < -0.3 is 14.9 Å². The summed E-state index contributed by atoms with van der Waals surface area (Å²) in [7, 11) is 4.11. The van der Waals surface area contributed by atoms with Gasteiger partial charge >= 0.3 is 0 Å². The van der Waals surface area contributed by atoms with Crippen LogP contribution in [-0.2, 0) is 0 Å². The van der Waals surface area contributed by atoms with Crippen LogP contribution in [0.5, 0.6) is 0 Å². The molecule has 0 aromatic carbocycles. The van der Waals surface area contributed by atoms with Crippen LogP contribution < -0.4 is 0 Å². The molecule has 0 spiro atoms. The fourth-order valence-electron chi connectivity index (χ4n) is 2.23. The van der Waals surface area contributed by atoms with Crippen molar-refractivity contribution < 1.29 is 9.90 Å². The third-order valence-electron chi connectivity index (χ3n) is 3.45. The van der Waals surface area contributed by atoms with Crippen molar-refractivity contribution in [3.63, 3.8) is 0 Å². The summed E-state index contributed by atoms with van der Waals surface area (Å²) < 4.78 is 0. The molecular weight excluding hydrogens is 272 g/mol. The molecule has 1 unspecified atom stereocenters. The summed E-state index contributed by atoms with van der Waals surface area (Å²) in [6.07, 6.45) is 1.51. The number of hydrogen-bond acceptors (Lipinski definition) is 4. The maximum Gasteiger partial charge on any atom is 0.264 e. The Morgan fingerprint density at radius 1 is 1.55 bits per heavy atom. The number of rotatable bonds is 3. The van der Waals surface area contributed by atoms with Gasteiger partial charge in [0.15, 0.2) is 0 Å². The number of aliphatic hydroxyl groups is 1. The van der Waals surface area contributed by atoms with Gasteiger partial charge in [-0.25, -0.2) is 0 Å². The van der Waals surface area contributed by atoms with Crippen LogP contribution in [-0.4, -0.2) is 60.6 Å². The molecule has 1 atom stereocenters. The van der Waals surface area contributed by atoms with E-state index < -0.39 is 0 Å². The molecule has 2 rings (SSSR count). The van der Waals surface area contributed by atoms with E-state index in [0.29, 0.717) is 12.5 Å². The highest BCUT2D eigenvalue weighted by Crippen LogP contribution is 2.21. The van der Waals surface area contributed by atoms with Gasteiger partial charge in [0, 0.05) is 25.6 Å². The molecule has 0 aliphatic carbocycles. The van der Waals surface area contributed by atoms with E-state index in [0.717, 1.165) is 29.3 Å². The van der Waals surface area contributed by atoms with Gasteiger partial charge in [0.05, 0.1) is 16.4 Å². The third-order valence-corrected chi connectivity index (χ3v) is 4.43. The molecule has 4 nitrogen and oxygen atoms in total. The van der Waals surface area contributed by atoms with Crippen LogP contribution in [0.15, 0.2) is 12.1 Å². The standard InChI is InChI=1S/C15H20N2O2S/c1-16(2)12-8-9-17(11-12)15(19)14-7-6-13(20-14)5-3-4-10-18/h6-7,12,18H,4,8-11H2,1-2H3. The Morgan fingerprint density at radius 2 is 2.35 bits per heavy atom. The number of likely N-dealkylation sites (N-methyl/N-ethyl adjacent to an activating group) is 1. The summed E-state index contributed by atoms with van der Waals surface area (Å²) >= 11 is 1.43. The number of aliphatic hydroxyl groups excluding tert-OH is 1. The molecule has 1 fully saturated rings. The molecular formula is C15H20N2O2S. The molecule has 1 saturated heterocycles. The Bertz CT molecular complexity index is 527. The first-order valence-corrected chi connectivity index (χ1v) is 7.58. The Morgan fingerprint density at radius 3 is 3.00 bits per heavy atom. The number of amides is 1. The van der Waals surface area contributed by atoms with E-state index in [4.69, 9.17) is 5.11 Å². The number of thiophene rings is 1. The Labute approximate surface area is 124 Å². The molecule has 1 aliphatic heterocycles. The van der Waals surface area contributed by atoms with Gasteiger partial charge in [-0.3, -0.25) is 4.79 Å². The predicted molar refractivity (Wildman–Crippen MR) is 80.9 cm³/mol. The summed E-state index contributed by atoms with van der Waals surface area (Å²) in [5, 5.41) is 8.69. The fraction of sp³-hybridized carbons (Fsp3) is 0.533. The largest absolute Gasteiger partial charge is 0.395 e. The Hall–Kier alpha value is -1.35. The zero-order chi connectivity index (χ0) is 14.5. The van der Waals surface area contributed by atoms with Gasteiger partial charge in [0.2, 0.25) is 0 Å². The minimum atomic E-state index is 0.0733. The van der Waals surface area contributed by atoms with Crippen LogP contribution in [0.3, 0.4) is 0 Å². The van der Waals surface area contributed by atoms with E-state index in [2.05, 4.69) is 30.8 Å². The molecule has 0 bridgehead atoms. The molecule has 1 aliphatic rings. The second-order valence-electron chi connectivity index (χ2n) is 5.10. The molecule has 2 heterocycles. The molecule has 108 valence electrons. The average molecular weight is 292 g/mol. The van der Waals surface area contributed by atoms with Crippen molar-refractivity contribution >= 4 is 17.2 Å². The topological polar surface area (TPSA) is 43.8 Å². The number of carbonyl (C=O) groups excluding carboxylic acids is 1. The van der Waals surface area contributed by atoms with Crippen molar-refractivity contribution in [2.45, 2.75) is 18.9 Å². The van der Waals surface area contributed by atoms with Crippen molar-refractivity contribution in [3.8, 4) is 11.8 Å². The molecule has 1 aromatic heterocycles. The third kappa shape index (κ3) is 3.60. The summed E-state index contributed by atoms with van der Waals surface area (Å²) in [5.41, 5.74) is 0. The SMILES string of the molecule is CN(C)C1CCN(C(=O)c2ccc(C#CCCO)s2)C1. The first-order chi connectivity index (χ1) is 9.61. The smallest absolute Gasteiger partial charge is 0.264 e. The van der Waals surface area contributed by atoms with Crippen LogP contribution in [0.1, 0.15) is 27.4 Å². The van der Waals surface area contributed by atoms with E-state index in [1.54, 1.807) is 0 Å². The monoisotopic (exact) mass is 292 g/mol. The van der Waals surface area contributed by atoms with E-state index in [9.17, 15) is 4.79 Å². The minimum Gasteiger partial charge on any atom is -0.395 e. The summed E-state index contributed by atoms with van der Waals surface area (Å²) in [5.74, 6) is 5.95. The maximum atomic E-state index is 12.4. The summed E-state index contributed by atoms with van der Waals surface area (Å²) in [6.45, 7) is 1.70. The Kier molecular flexibility index (Phi) is 5.18. The predicted octanol–water partition coefficient (Wildman–Crippen LogP) is 1.26. The molecule has 5 heteroatoms. The van der Waals surface area contributed by atoms with Gasteiger partial charge in [0.25, 0.3) is 5.91 Å². The zero-order valence-electron chi connectivity index (χ0n) is 11.9. The fourth-order valence-corrected chi connectivity index (χ4v) is 3.08. The van der Waals surface area contributed by atoms with Crippen LogP contribution in [0.4, 0.5) is 0 Å². The molecule has 1 aromatic rings. The van der Waals surface area contributed by atoms with Crippen molar-refractivity contribution in [1.82, 2.24) is 9.80 Å². The van der Waals surface area contributed by atoms with Crippen molar-refractivity contribution in [3.05, 3.63) is 21.9 Å². The average Bonchev–Trinajstić information content (AvgIpc) is 3.07. The quantitative estimate of drug-likeness (QED) is 0.853. The number of carbonyl (C=O) groups is 1. The highest BCUT2D eigenvalue weighted by Gasteiger charge is 2.28. The van der Waals surface area contributed by atoms with Gasteiger partial charge in [-0.2, -0.15) is 0 Å². The molecule has 1 N–H and O–H groups in total. The number of nitrogens with zero attached hydrogens (tertiary/aromatic N) is 2. The van der Waals surface area contributed by atoms with E-state index >= 15 is 0 Å². The van der Waals surface area contributed by atoms with Crippen LogP contribution >= 0.6 is 11.3 Å².